The number of ether oxygens (including phenoxy) is 2. The molecule has 2 N–H and O–H groups in total. The molecule has 0 aromatic heterocycles. The number of urea groups is 1. The van der Waals surface area contributed by atoms with Crippen LogP contribution in [0, 0.1) is 5.92 Å². The fourth-order valence-corrected chi connectivity index (χ4v) is 2.46. The van der Waals surface area contributed by atoms with Gasteiger partial charge in [-0.2, -0.15) is 0 Å². The maximum atomic E-state index is 12.1. The number of carbonyl (C=O) groups excluding carboxylic acids is 4. The van der Waals surface area contributed by atoms with E-state index in [-0.39, 0.29) is 5.92 Å². The number of nitrogens with zero attached hydrogens (tertiary/aromatic N) is 1. The van der Waals surface area contributed by atoms with Crippen molar-refractivity contribution in [2.75, 3.05) is 26.2 Å². The van der Waals surface area contributed by atoms with Gasteiger partial charge in [0.25, 0.3) is 5.91 Å². The van der Waals surface area contributed by atoms with Crippen molar-refractivity contribution >= 4 is 24.0 Å². The molecule has 9 heteroatoms. The summed E-state index contributed by atoms with van der Waals surface area (Å²) in [5, 5.41) is 4.64. The zero-order chi connectivity index (χ0) is 20.4. The number of nitrogens with one attached hydrogen (secondary N) is 2. The van der Waals surface area contributed by atoms with Crippen LogP contribution >= 0.6 is 0 Å². The Bertz CT molecular complexity index is 536. The lowest BCUT2D eigenvalue weighted by Crippen LogP contribution is -2.44. The van der Waals surface area contributed by atoms with E-state index in [4.69, 9.17) is 9.47 Å². The number of hydrogen-bond donors (Lipinski definition) is 2. The van der Waals surface area contributed by atoms with E-state index in [1.807, 2.05) is 6.92 Å². The number of hydrogen-bond acceptors (Lipinski definition) is 6. The molecule has 0 aromatic rings. The average molecular weight is 385 g/mol. The molecule has 27 heavy (non-hydrogen) atoms. The van der Waals surface area contributed by atoms with E-state index in [0.717, 1.165) is 12.8 Å². The van der Waals surface area contributed by atoms with Gasteiger partial charge in [-0.25, -0.2) is 9.59 Å². The molecule has 1 saturated heterocycles. The fraction of sp³-hybridized carbons (Fsp3) is 0.778. The minimum absolute atomic E-state index is 0.380. The van der Waals surface area contributed by atoms with E-state index in [1.165, 1.54) is 0 Å². The van der Waals surface area contributed by atoms with E-state index in [2.05, 4.69) is 10.6 Å². The molecule has 0 atom stereocenters. The van der Waals surface area contributed by atoms with Crippen molar-refractivity contribution in [2.45, 2.75) is 59.0 Å². The number of unbranched alkanes of at least 4 members (excludes halogenated alkanes) is 1. The van der Waals surface area contributed by atoms with Crippen molar-refractivity contribution in [3.8, 4) is 0 Å². The Morgan fingerprint density at radius 1 is 1.11 bits per heavy atom. The third-order valence-electron chi connectivity index (χ3n) is 3.89. The number of rotatable bonds is 6. The third-order valence-corrected chi connectivity index (χ3v) is 3.89. The van der Waals surface area contributed by atoms with Crippen LogP contribution in [0.1, 0.15) is 53.4 Å². The first-order valence-electron chi connectivity index (χ1n) is 9.34. The van der Waals surface area contributed by atoms with Gasteiger partial charge in [-0.05, 0) is 40.0 Å². The monoisotopic (exact) mass is 385 g/mol. The predicted molar refractivity (Wildman–Crippen MR) is 97.9 cm³/mol. The minimum Gasteiger partial charge on any atom is -0.455 e. The smallest absolute Gasteiger partial charge is 0.410 e. The predicted octanol–water partition coefficient (Wildman–Crippen LogP) is 1.80. The Hall–Kier alpha value is -2.32. The van der Waals surface area contributed by atoms with Crippen LogP contribution in [0.4, 0.5) is 9.59 Å². The van der Waals surface area contributed by atoms with Crippen LogP contribution in [0.5, 0.6) is 0 Å². The standard InChI is InChI=1S/C18H31N3O6/c1-5-6-9-19-16(24)20-14(22)12-26-15(23)13-7-10-21(11-8-13)17(25)27-18(2,3)4/h13H,5-12H2,1-4H3,(H2,19,20,22,24). The molecular formula is C18H31N3O6. The molecule has 1 fully saturated rings. The van der Waals surface area contributed by atoms with Crippen molar-refractivity contribution in [3.63, 3.8) is 0 Å². The SMILES string of the molecule is CCCCNC(=O)NC(=O)COC(=O)C1CCN(C(=O)OC(C)(C)C)CC1. The molecular weight excluding hydrogens is 354 g/mol. The van der Waals surface area contributed by atoms with Gasteiger partial charge in [-0.15, -0.1) is 0 Å². The maximum Gasteiger partial charge on any atom is 0.410 e. The largest absolute Gasteiger partial charge is 0.455 e. The molecule has 0 unspecified atom stereocenters. The van der Waals surface area contributed by atoms with Gasteiger partial charge in [0.1, 0.15) is 5.60 Å². The lowest BCUT2D eigenvalue weighted by molar-refractivity contribution is -0.153. The van der Waals surface area contributed by atoms with Crippen LogP contribution in [-0.2, 0) is 19.1 Å². The summed E-state index contributed by atoms with van der Waals surface area (Å²) >= 11 is 0. The summed E-state index contributed by atoms with van der Waals surface area (Å²) in [6.07, 6.45) is 2.23. The number of esters is 1. The zero-order valence-corrected chi connectivity index (χ0v) is 16.6. The van der Waals surface area contributed by atoms with Gasteiger partial charge in [0, 0.05) is 19.6 Å². The molecule has 0 aromatic carbocycles. The van der Waals surface area contributed by atoms with Gasteiger partial charge in [0.15, 0.2) is 6.61 Å². The number of amides is 4. The van der Waals surface area contributed by atoms with Crippen molar-refractivity contribution in [1.82, 2.24) is 15.5 Å². The van der Waals surface area contributed by atoms with Crippen molar-refractivity contribution < 1.29 is 28.7 Å². The minimum atomic E-state index is -0.677. The Morgan fingerprint density at radius 2 is 1.74 bits per heavy atom. The highest BCUT2D eigenvalue weighted by atomic mass is 16.6. The second kappa shape index (κ2) is 10.7. The van der Waals surface area contributed by atoms with Gasteiger partial charge in [0.05, 0.1) is 5.92 Å². The van der Waals surface area contributed by atoms with Crippen LogP contribution in [0.2, 0.25) is 0 Å². The van der Waals surface area contributed by atoms with Crippen LogP contribution in [0.25, 0.3) is 0 Å². The number of carbonyl (C=O) groups is 4. The molecule has 0 radical (unpaired) electrons. The van der Waals surface area contributed by atoms with Crippen LogP contribution < -0.4 is 10.6 Å². The molecule has 0 aliphatic carbocycles. The second-order valence-electron chi connectivity index (χ2n) is 7.51. The van der Waals surface area contributed by atoms with Gasteiger partial charge >= 0.3 is 18.1 Å². The molecule has 1 aliphatic heterocycles. The summed E-state index contributed by atoms with van der Waals surface area (Å²) in [6, 6.07) is -0.602. The van der Waals surface area contributed by atoms with Crippen molar-refractivity contribution in [2.24, 2.45) is 5.92 Å². The molecule has 1 heterocycles. The summed E-state index contributed by atoms with van der Waals surface area (Å²) in [5.74, 6) is -1.56. The summed E-state index contributed by atoms with van der Waals surface area (Å²) < 4.78 is 10.3. The maximum absolute atomic E-state index is 12.1. The highest BCUT2D eigenvalue weighted by Gasteiger charge is 2.31. The van der Waals surface area contributed by atoms with Gasteiger partial charge < -0.3 is 19.7 Å². The topological polar surface area (TPSA) is 114 Å². The Kier molecular flexibility index (Phi) is 9.04. The van der Waals surface area contributed by atoms with Crippen LogP contribution in [0.15, 0.2) is 0 Å². The molecule has 4 amide bonds. The lowest BCUT2D eigenvalue weighted by Gasteiger charge is -2.32. The molecule has 0 saturated carbocycles. The lowest BCUT2D eigenvalue weighted by atomic mass is 9.97. The Morgan fingerprint density at radius 3 is 2.30 bits per heavy atom. The van der Waals surface area contributed by atoms with E-state index < -0.39 is 36.2 Å². The summed E-state index contributed by atoms with van der Waals surface area (Å²) in [5.41, 5.74) is -0.566. The summed E-state index contributed by atoms with van der Waals surface area (Å²) in [7, 11) is 0. The first-order chi connectivity index (χ1) is 12.6. The van der Waals surface area contributed by atoms with Gasteiger partial charge in [-0.3, -0.25) is 14.9 Å². The van der Waals surface area contributed by atoms with Crippen molar-refractivity contribution in [3.05, 3.63) is 0 Å². The molecule has 154 valence electrons. The normalized spacial score (nSPS) is 15.0. The van der Waals surface area contributed by atoms with Gasteiger partial charge in [0.2, 0.25) is 0 Å². The summed E-state index contributed by atoms with van der Waals surface area (Å²) in [4.78, 5) is 48.7. The Balaban J connectivity index is 2.28. The summed E-state index contributed by atoms with van der Waals surface area (Å²) in [6.45, 7) is 8.12. The number of likely N-dealkylation sites (tertiary alicyclic amines) is 1. The molecule has 0 spiro atoms. The molecule has 1 rings (SSSR count). The van der Waals surface area contributed by atoms with Gasteiger partial charge in [-0.1, -0.05) is 13.3 Å². The second-order valence-corrected chi connectivity index (χ2v) is 7.51. The van der Waals surface area contributed by atoms with E-state index in [0.29, 0.717) is 32.5 Å². The quantitative estimate of drug-likeness (QED) is 0.532. The highest BCUT2D eigenvalue weighted by Crippen LogP contribution is 2.20. The number of piperidine rings is 1. The van der Waals surface area contributed by atoms with E-state index >= 15 is 0 Å². The zero-order valence-electron chi connectivity index (χ0n) is 16.6. The van der Waals surface area contributed by atoms with E-state index in [1.54, 1.807) is 25.7 Å². The van der Waals surface area contributed by atoms with Crippen molar-refractivity contribution in [1.29, 1.82) is 0 Å². The third kappa shape index (κ3) is 9.25. The number of imide groups is 1. The molecule has 0 bridgehead atoms. The first-order valence-corrected chi connectivity index (χ1v) is 9.34. The van der Waals surface area contributed by atoms with E-state index in [9.17, 15) is 19.2 Å². The van der Waals surface area contributed by atoms with Crippen LogP contribution in [0.3, 0.4) is 0 Å². The Labute approximate surface area is 160 Å². The van der Waals surface area contributed by atoms with Crippen LogP contribution in [-0.4, -0.2) is 60.7 Å². The molecule has 9 nitrogen and oxygen atoms in total. The fourth-order valence-electron chi connectivity index (χ4n) is 2.46. The first kappa shape index (κ1) is 22.7. The average Bonchev–Trinajstić information content (AvgIpc) is 2.58. The molecule has 1 aliphatic rings. The highest BCUT2D eigenvalue weighted by molar-refractivity contribution is 5.95.